The molecule has 0 radical (unpaired) electrons. The van der Waals surface area contributed by atoms with Gasteiger partial charge in [0.05, 0.1) is 11.2 Å². The second-order valence-corrected chi connectivity index (χ2v) is 7.20. The minimum Gasteiger partial charge on any atom is -0.268 e. The summed E-state index contributed by atoms with van der Waals surface area (Å²) in [5.74, 6) is 0. The van der Waals surface area contributed by atoms with E-state index >= 15 is 0 Å². The average Bonchev–Trinajstić information content (AvgIpc) is 2.54. The number of rotatable bonds is 0. The van der Waals surface area contributed by atoms with Crippen molar-refractivity contribution in [3.05, 3.63) is 29.5 Å². The molecule has 2 rings (SSSR count). The molecule has 0 saturated carbocycles. The molecule has 0 atom stereocenters. The third kappa shape index (κ3) is 2.16. The fourth-order valence-corrected chi connectivity index (χ4v) is 2.29. The molecular formula is C16H24N2. The van der Waals surface area contributed by atoms with Crippen LogP contribution in [0.2, 0.25) is 0 Å². The fourth-order valence-electron chi connectivity index (χ4n) is 2.29. The van der Waals surface area contributed by atoms with E-state index < -0.39 is 0 Å². The number of hydrogen-bond donors (Lipinski definition) is 0. The van der Waals surface area contributed by atoms with Gasteiger partial charge in [-0.3, -0.25) is 4.68 Å². The first-order chi connectivity index (χ1) is 8.10. The SMILES string of the molecule is Cn1nc(C(C)(C)C)c2cc(C(C)(C)C)ccc21. The predicted octanol–water partition coefficient (Wildman–Crippen LogP) is 4.17. The molecule has 0 aliphatic rings. The summed E-state index contributed by atoms with van der Waals surface area (Å²) >= 11 is 0. The number of benzene rings is 1. The molecule has 0 aliphatic heterocycles. The van der Waals surface area contributed by atoms with Crippen molar-refractivity contribution in [1.29, 1.82) is 0 Å². The Morgan fingerprint density at radius 2 is 1.56 bits per heavy atom. The van der Waals surface area contributed by atoms with Gasteiger partial charge in [0.1, 0.15) is 0 Å². The minimum atomic E-state index is 0.0794. The van der Waals surface area contributed by atoms with E-state index in [1.165, 1.54) is 22.2 Å². The van der Waals surface area contributed by atoms with Gasteiger partial charge in [-0.2, -0.15) is 5.10 Å². The molecule has 0 spiro atoms. The Bertz CT molecular complexity index is 577. The molecule has 18 heavy (non-hydrogen) atoms. The molecule has 1 aromatic carbocycles. The van der Waals surface area contributed by atoms with Gasteiger partial charge in [0.2, 0.25) is 0 Å². The molecule has 0 saturated heterocycles. The maximum atomic E-state index is 4.70. The van der Waals surface area contributed by atoms with Crippen LogP contribution in [0.1, 0.15) is 52.8 Å². The molecular weight excluding hydrogens is 220 g/mol. The van der Waals surface area contributed by atoms with E-state index in [1.54, 1.807) is 0 Å². The van der Waals surface area contributed by atoms with Crippen LogP contribution in [0, 0.1) is 0 Å². The lowest BCUT2D eigenvalue weighted by atomic mass is 9.84. The highest BCUT2D eigenvalue weighted by Gasteiger charge is 2.23. The van der Waals surface area contributed by atoms with Crippen molar-refractivity contribution in [1.82, 2.24) is 9.78 Å². The maximum absolute atomic E-state index is 4.70. The van der Waals surface area contributed by atoms with Gasteiger partial charge < -0.3 is 0 Å². The summed E-state index contributed by atoms with van der Waals surface area (Å²) in [6, 6.07) is 6.72. The summed E-state index contributed by atoms with van der Waals surface area (Å²) in [5, 5.41) is 5.99. The van der Waals surface area contributed by atoms with Gasteiger partial charge in [-0.25, -0.2) is 0 Å². The molecule has 0 N–H and O–H groups in total. The van der Waals surface area contributed by atoms with Gasteiger partial charge in [0.15, 0.2) is 0 Å². The van der Waals surface area contributed by atoms with Crippen molar-refractivity contribution in [3.63, 3.8) is 0 Å². The standard InChI is InChI=1S/C16H24N2/c1-15(2,3)11-8-9-13-12(10-11)14(16(4,5)6)17-18(13)7/h8-10H,1-7H3. The van der Waals surface area contributed by atoms with Crippen LogP contribution >= 0.6 is 0 Å². The summed E-state index contributed by atoms with van der Waals surface area (Å²) < 4.78 is 1.99. The van der Waals surface area contributed by atoms with Crippen molar-refractivity contribution in [3.8, 4) is 0 Å². The third-order valence-corrected chi connectivity index (χ3v) is 3.43. The van der Waals surface area contributed by atoms with Crippen LogP contribution in [-0.4, -0.2) is 9.78 Å². The Balaban J connectivity index is 2.75. The molecule has 1 aromatic heterocycles. The normalized spacial score (nSPS) is 13.3. The zero-order valence-corrected chi connectivity index (χ0v) is 12.6. The van der Waals surface area contributed by atoms with Crippen LogP contribution < -0.4 is 0 Å². The molecule has 2 nitrogen and oxygen atoms in total. The molecule has 0 aliphatic carbocycles. The topological polar surface area (TPSA) is 17.8 Å². The zero-order valence-electron chi connectivity index (χ0n) is 12.6. The quantitative estimate of drug-likeness (QED) is 0.680. The monoisotopic (exact) mass is 244 g/mol. The van der Waals surface area contributed by atoms with Crippen LogP contribution in [0.3, 0.4) is 0 Å². The van der Waals surface area contributed by atoms with Gasteiger partial charge in [-0.05, 0) is 23.1 Å². The fraction of sp³-hybridized carbons (Fsp3) is 0.562. The molecule has 0 unspecified atom stereocenters. The van der Waals surface area contributed by atoms with Crippen LogP contribution in [-0.2, 0) is 17.9 Å². The Kier molecular flexibility index (Phi) is 2.80. The summed E-state index contributed by atoms with van der Waals surface area (Å²) in [7, 11) is 2.02. The van der Waals surface area contributed by atoms with Crippen molar-refractivity contribution in [2.75, 3.05) is 0 Å². The lowest BCUT2D eigenvalue weighted by molar-refractivity contribution is 0.557. The van der Waals surface area contributed by atoms with Gasteiger partial charge >= 0.3 is 0 Å². The van der Waals surface area contributed by atoms with Gasteiger partial charge in [0.25, 0.3) is 0 Å². The number of aryl methyl sites for hydroxylation is 1. The molecule has 2 aromatic rings. The number of fused-ring (bicyclic) bond motifs is 1. The van der Waals surface area contributed by atoms with Crippen molar-refractivity contribution in [2.45, 2.75) is 52.4 Å². The Morgan fingerprint density at radius 1 is 0.944 bits per heavy atom. The van der Waals surface area contributed by atoms with Crippen molar-refractivity contribution in [2.24, 2.45) is 7.05 Å². The second kappa shape index (κ2) is 3.84. The maximum Gasteiger partial charge on any atom is 0.0756 e. The minimum absolute atomic E-state index is 0.0794. The average molecular weight is 244 g/mol. The number of nitrogens with zero attached hydrogens (tertiary/aromatic N) is 2. The first-order valence-corrected chi connectivity index (χ1v) is 6.58. The lowest BCUT2D eigenvalue weighted by Gasteiger charge is -2.20. The van der Waals surface area contributed by atoms with E-state index in [0.717, 1.165) is 0 Å². The molecule has 0 bridgehead atoms. The summed E-state index contributed by atoms with van der Waals surface area (Å²) in [6.07, 6.45) is 0. The highest BCUT2D eigenvalue weighted by Crippen LogP contribution is 2.32. The van der Waals surface area contributed by atoms with Crippen LogP contribution in [0.5, 0.6) is 0 Å². The predicted molar refractivity (Wildman–Crippen MR) is 78.1 cm³/mol. The van der Waals surface area contributed by atoms with Gasteiger partial charge in [-0.1, -0.05) is 47.6 Å². The highest BCUT2D eigenvalue weighted by atomic mass is 15.3. The molecule has 1 heterocycles. The van der Waals surface area contributed by atoms with Crippen LogP contribution in [0.15, 0.2) is 18.2 Å². The molecule has 0 amide bonds. The Morgan fingerprint density at radius 3 is 2.06 bits per heavy atom. The van der Waals surface area contributed by atoms with Gasteiger partial charge in [-0.15, -0.1) is 0 Å². The van der Waals surface area contributed by atoms with E-state index in [1.807, 2.05) is 11.7 Å². The second-order valence-electron chi connectivity index (χ2n) is 7.20. The van der Waals surface area contributed by atoms with Gasteiger partial charge in [0, 0.05) is 17.8 Å². The van der Waals surface area contributed by atoms with E-state index in [4.69, 9.17) is 5.10 Å². The van der Waals surface area contributed by atoms with Crippen molar-refractivity contribution >= 4 is 10.9 Å². The van der Waals surface area contributed by atoms with Crippen LogP contribution in [0.4, 0.5) is 0 Å². The molecule has 2 heteroatoms. The Labute approximate surface area is 110 Å². The first kappa shape index (κ1) is 13.1. The Hall–Kier alpha value is -1.31. The zero-order chi connectivity index (χ0) is 13.7. The van der Waals surface area contributed by atoms with E-state index in [9.17, 15) is 0 Å². The van der Waals surface area contributed by atoms with Crippen molar-refractivity contribution < 1.29 is 0 Å². The third-order valence-electron chi connectivity index (χ3n) is 3.43. The van der Waals surface area contributed by atoms with E-state index in [-0.39, 0.29) is 10.8 Å². The first-order valence-electron chi connectivity index (χ1n) is 6.58. The largest absolute Gasteiger partial charge is 0.268 e. The summed E-state index contributed by atoms with van der Waals surface area (Å²) in [5.41, 5.74) is 4.03. The number of aromatic nitrogens is 2. The van der Waals surface area contributed by atoms with Crippen LogP contribution in [0.25, 0.3) is 10.9 Å². The lowest BCUT2D eigenvalue weighted by Crippen LogP contribution is -2.13. The highest BCUT2D eigenvalue weighted by molar-refractivity contribution is 5.84. The molecule has 98 valence electrons. The smallest absolute Gasteiger partial charge is 0.0756 e. The number of hydrogen-bond acceptors (Lipinski definition) is 1. The molecule has 0 fully saturated rings. The summed E-state index contributed by atoms with van der Waals surface area (Å²) in [4.78, 5) is 0. The van der Waals surface area contributed by atoms with E-state index in [2.05, 4.69) is 59.7 Å². The van der Waals surface area contributed by atoms with E-state index in [0.29, 0.717) is 0 Å². The summed E-state index contributed by atoms with van der Waals surface area (Å²) in [6.45, 7) is 13.4.